The van der Waals surface area contributed by atoms with Gasteiger partial charge in [0.25, 0.3) is 0 Å². The fourth-order valence-electron chi connectivity index (χ4n) is 3.38. The molecule has 0 radical (unpaired) electrons. The number of hydrogen-bond donors (Lipinski definition) is 2. The summed E-state index contributed by atoms with van der Waals surface area (Å²) in [4.78, 5) is 11.2. The summed E-state index contributed by atoms with van der Waals surface area (Å²) < 4.78 is 15.7. The number of ether oxygens (including phenoxy) is 2. The lowest BCUT2D eigenvalue weighted by atomic mass is 10.2. The first kappa shape index (κ1) is 20.9. The third-order valence-corrected chi connectivity index (χ3v) is 4.72. The molecule has 2 heterocycles. The number of nitrogens with one attached hydrogen (secondary N) is 2. The lowest BCUT2D eigenvalue weighted by Gasteiger charge is -2.19. The molecule has 0 aliphatic carbocycles. The first-order valence-corrected chi connectivity index (χ1v) is 9.88. The SMILES string of the molecule is CCNC(=NCc1noc(C)n1)NC1CCN(Cc2cc(OC)cc(OC)c2)C1. The first-order valence-electron chi connectivity index (χ1n) is 9.88. The number of methoxy groups -OCH3 is 2. The van der Waals surface area contributed by atoms with Gasteiger partial charge in [0.05, 0.1) is 14.2 Å². The Labute approximate surface area is 171 Å². The van der Waals surface area contributed by atoms with E-state index in [0.717, 1.165) is 50.1 Å². The van der Waals surface area contributed by atoms with Crippen LogP contribution in [-0.4, -0.2) is 60.9 Å². The second kappa shape index (κ2) is 10.1. The standard InChI is InChI=1S/C20H30N6O3/c1-5-21-20(22-11-19-23-14(2)29-25-19)24-16-6-7-26(13-16)12-15-8-17(27-3)10-18(9-15)28-4/h8-10,16H,5-7,11-13H2,1-4H3,(H2,21,22,24). The van der Waals surface area contributed by atoms with Gasteiger partial charge in [-0.2, -0.15) is 4.98 Å². The second-order valence-electron chi connectivity index (χ2n) is 7.01. The minimum atomic E-state index is 0.326. The number of hydrogen-bond acceptors (Lipinski definition) is 7. The molecule has 0 spiro atoms. The average molecular weight is 402 g/mol. The number of aliphatic imine (C=N–C) groups is 1. The summed E-state index contributed by atoms with van der Waals surface area (Å²) in [5, 5.41) is 10.7. The molecular weight excluding hydrogens is 372 g/mol. The third kappa shape index (κ3) is 6.08. The van der Waals surface area contributed by atoms with Crippen molar-refractivity contribution in [3.63, 3.8) is 0 Å². The van der Waals surface area contributed by atoms with Crippen molar-refractivity contribution in [2.45, 2.75) is 39.4 Å². The number of nitrogens with zero attached hydrogens (tertiary/aromatic N) is 4. The highest BCUT2D eigenvalue weighted by atomic mass is 16.5. The van der Waals surface area contributed by atoms with E-state index in [2.05, 4.69) is 42.8 Å². The molecule has 1 aromatic carbocycles. The molecule has 0 amide bonds. The van der Waals surface area contributed by atoms with Crippen LogP contribution in [0.1, 0.15) is 30.6 Å². The molecule has 1 aromatic heterocycles. The van der Waals surface area contributed by atoms with E-state index < -0.39 is 0 Å². The minimum absolute atomic E-state index is 0.326. The zero-order valence-electron chi connectivity index (χ0n) is 17.6. The molecule has 1 unspecified atom stereocenters. The van der Waals surface area contributed by atoms with Gasteiger partial charge in [0.15, 0.2) is 11.8 Å². The van der Waals surface area contributed by atoms with Crippen molar-refractivity contribution in [3.8, 4) is 11.5 Å². The van der Waals surface area contributed by atoms with Gasteiger partial charge >= 0.3 is 0 Å². The van der Waals surface area contributed by atoms with Crippen LogP contribution in [0.25, 0.3) is 0 Å². The van der Waals surface area contributed by atoms with E-state index in [4.69, 9.17) is 14.0 Å². The maximum Gasteiger partial charge on any atom is 0.223 e. The average Bonchev–Trinajstić information content (AvgIpc) is 3.34. The molecule has 1 fully saturated rings. The summed E-state index contributed by atoms with van der Waals surface area (Å²) in [7, 11) is 3.34. The van der Waals surface area contributed by atoms with Gasteiger partial charge in [-0.3, -0.25) is 4.90 Å². The zero-order valence-corrected chi connectivity index (χ0v) is 17.6. The molecule has 9 heteroatoms. The highest BCUT2D eigenvalue weighted by Gasteiger charge is 2.23. The van der Waals surface area contributed by atoms with Gasteiger partial charge in [0.2, 0.25) is 5.89 Å². The Morgan fingerprint density at radius 1 is 1.28 bits per heavy atom. The molecule has 1 saturated heterocycles. The van der Waals surface area contributed by atoms with E-state index in [1.807, 2.05) is 13.0 Å². The van der Waals surface area contributed by atoms with Crippen molar-refractivity contribution in [2.75, 3.05) is 33.9 Å². The molecule has 158 valence electrons. The summed E-state index contributed by atoms with van der Waals surface area (Å²) in [6.07, 6.45) is 1.05. The number of likely N-dealkylation sites (tertiary alicyclic amines) is 1. The van der Waals surface area contributed by atoms with Crippen LogP contribution in [0.5, 0.6) is 11.5 Å². The lowest BCUT2D eigenvalue weighted by Crippen LogP contribution is -2.44. The van der Waals surface area contributed by atoms with Gasteiger partial charge in [-0.15, -0.1) is 0 Å². The van der Waals surface area contributed by atoms with Crippen LogP contribution < -0.4 is 20.1 Å². The van der Waals surface area contributed by atoms with Crippen LogP contribution in [-0.2, 0) is 13.1 Å². The molecule has 9 nitrogen and oxygen atoms in total. The summed E-state index contributed by atoms with van der Waals surface area (Å²) >= 11 is 0. The van der Waals surface area contributed by atoms with Gasteiger partial charge in [-0.1, -0.05) is 5.16 Å². The normalized spacial score (nSPS) is 17.4. The molecule has 1 atom stereocenters. The number of aromatic nitrogens is 2. The maximum atomic E-state index is 5.38. The summed E-state index contributed by atoms with van der Waals surface area (Å²) in [5.74, 6) is 3.52. The van der Waals surface area contributed by atoms with Crippen molar-refractivity contribution in [3.05, 3.63) is 35.5 Å². The van der Waals surface area contributed by atoms with Crippen LogP contribution in [0.4, 0.5) is 0 Å². The Morgan fingerprint density at radius 3 is 2.66 bits per heavy atom. The number of rotatable bonds is 8. The van der Waals surface area contributed by atoms with Gasteiger partial charge in [-0.05, 0) is 31.0 Å². The van der Waals surface area contributed by atoms with Crippen molar-refractivity contribution in [2.24, 2.45) is 4.99 Å². The highest BCUT2D eigenvalue weighted by Crippen LogP contribution is 2.24. The molecule has 3 rings (SSSR count). The summed E-state index contributed by atoms with van der Waals surface area (Å²) in [6.45, 7) is 7.79. The molecule has 0 saturated carbocycles. The smallest absolute Gasteiger partial charge is 0.223 e. The van der Waals surface area contributed by atoms with E-state index >= 15 is 0 Å². The van der Waals surface area contributed by atoms with Crippen LogP contribution in [0.15, 0.2) is 27.7 Å². The first-order chi connectivity index (χ1) is 14.1. The number of guanidine groups is 1. The maximum absolute atomic E-state index is 5.38. The topological polar surface area (TPSA) is 97.0 Å². The lowest BCUT2D eigenvalue weighted by molar-refractivity contribution is 0.321. The predicted octanol–water partition coefficient (Wildman–Crippen LogP) is 1.72. The Kier molecular flexibility index (Phi) is 7.29. The largest absolute Gasteiger partial charge is 0.497 e. The van der Waals surface area contributed by atoms with Crippen LogP contribution in [0, 0.1) is 6.92 Å². The van der Waals surface area contributed by atoms with Gasteiger partial charge in [0.1, 0.15) is 18.0 Å². The van der Waals surface area contributed by atoms with Crippen LogP contribution in [0.3, 0.4) is 0 Å². The Bertz CT molecular complexity index is 800. The molecule has 29 heavy (non-hydrogen) atoms. The summed E-state index contributed by atoms with van der Waals surface area (Å²) in [5.41, 5.74) is 1.18. The van der Waals surface area contributed by atoms with Crippen molar-refractivity contribution in [1.29, 1.82) is 0 Å². The second-order valence-corrected chi connectivity index (χ2v) is 7.01. The van der Waals surface area contributed by atoms with E-state index in [1.54, 1.807) is 21.1 Å². The Morgan fingerprint density at radius 2 is 2.03 bits per heavy atom. The number of benzene rings is 1. The van der Waals surface area contributed by atoms with E-state index in [1.165, 1.54) is 5.56 Å². The molecule has 0 bridgehead atoms. The van der Waals surface area contributed by atoms with Crippen molar-refractivity contribution >= 4 is 5.96 Å². The fraction of sp³-hybridized carbons (Fsp3) is 0.550. The predicted molar refractivity (Wildman–Crippen MR) is 110 cm³/mol. The monoisotopic (exact) mass is 402 g/mol. The van der Waals surface area contributed by atoms with Crippen molar-refractivity contribution in [1.82, 2.24) is 25.7 Å². The zero-order chi connectivity index (χ0) is 20.6. The minimum Gasteiger partial charge on any atom is -0.497 e. The molecule has 1 aliphatic rings. The molecule has 2 aromatic rings. The Hall–Kier alpha value is -2.81. The quantitative estimate of drug-likeness (QED) is 0.509. The number of aryl methyl sites for hydroxylation is 1. The molecule has 2 N–H and O–H groups in total. The van der Waals surface area contributed by atoms with Gasteiger partial charge in [-0.25, -0.2) is 4.99 Å². The molecule has 1 aliphatic heterocycles. The van der Waals surface area contributed by atoms with Gasteiger partial charge < -0.3 is 24.6 Å². The van der Waals surface area contributed by atoms with Gasteiger partial charge in [0, 0.05) is 45.2 Å². The molecular formula is C20H30N6O3. The van der Waals surface area contributed by atoms with E-state index in [9.17, 15) is 0 Å². The summed E-state index contributed by atoms with van der Waals surface area (Å²) in [6, 6.07) is 6.33. The Balaban J connectivity index is 1.56. The third-order valence-electron chi connectivity index (χ3n) is 4.72. The van der Waals surface area contributed by atoms with Crippen LogP contribution >= 0.6 is 0 Å². The highest BCUT2D eigenvalue weighted by molar-refractivity contribution is 5.80. The van der Waals surface area contributed by atoms with Crippen molar-refractivity contribution < 1.29 is 14.0 Å². The van der Waals surface area contributed by atoms with E-state index in [0.29, 0.717) is 24.3 Å². The van der Waals surface area contributed by atoms with Crippen LogP contribution in [0.2, 0.25) is 0 Å². The fourth-order valence-corrected chi connectivity index (χ4v) is 3.38. The van der Waals surface area contributed by atoms with E-state index in [-0.39, 0.29) is 0 Å².